The van der Waals surface area contributed by atoms with Crippen molar-refractivity contribution in [3.8, 4) is 6.07 Å². The SMILES string of the molecule is CN[C@@H](C)C(=O)N[C@H]1CCc2ccccc2N(Cc2cccc3cccc(C#N)c23)C1=O. The number of hydrogen-bond donors (Lipinski definition) is 2. The molecule has 4 rings (SSSR count). The molecule has 162 valence electrons. The number of aryl methyl sites for hydroxylation is 1. The third-order valence-corrected chi connectivity index (χ3v) is 6.13. The largest absolute Gasteiger partial charge is 0.343 e. The minimum atomic E-state index is -0.615. The highest BCUT2D eigenvalue weighted by Gasteiger charge is 2.32. The molecular formula is C26H26N4O2. The lowest BCUT2D eigenvalue weighted by Gasteiger charge is -2.27. The van der Waals surface area contributed by atoms with E-state index in [1.54, 1.807) is 24.9 Å². The maximum Gasteiger partial charge on any atom is 0.249 e. The number of fused-ring (bicyclic) bond motifs is 2. The Morgan fingerprint density at radius 1 is 1.16 bits per heavy atom. The number of likely N-dealkylation sites (N-methyl/N-ethyl adjacent to an activating group) is 1. The van der Waals surface area contributed by atoms with Gasteiger partial charge >= 0.3 is 0 Å². The van der Waals surface area contributed by atoms with Crippen LogP contribution in [0, 0.1) is 11.3 Å². The Morgan fingerprint density at radius 3 is 2.66 bits per heavy atom. The lowest BCUT2D eigenvalue weighted by Crippen LogP contribution is -2.52. The third kappa shape index (κ3) is 4.08. The highest BCUT2D eigenvalue weighted by Crippen LogP contribution is 2.31. The molecule has 0 radical (unpaired) electrons. The normalized spacial score (nSPS) is 16.7. The van der Waals surface area contributed by atoms with Crippen molar-refractivity contribution in [2.24, 2.45) is 0 Å². The molecule has 0 bridgehead atoms. The van der Waals surface area contributed by atoms with Crippen LogP contribution in [0.15, 0.2) is 60.7 Å². The van der Waals surface area contributed by atoms with Crippen LogP contribution in [0.25, 0.3) is 10.8 Å². The molecule has 1 heterocycles. The minimum absolute atomic E-state index is 0.141. The van der Waals surface area contributed by atoms with Crippen molar-refractivity contribution in [3.05, 3.63) is 77.4 Å². The van der Waals surface area contributed by atoms with E-state index in [1.807, 2.05) is 54.6 Å². The number of nitrogens with one attached hydrogen (secondary N) is 2. The molecule has 2 N–H and O–H groups in total. The fourth-order valence-electron chi connectivity index (χ4n) is 4.25. The second-order valence-electron chi connectivity index (χ2n) is 8.10. The van der Waals surface area contributed by atoms with Crippen LogP contribution in [0.1, 0.15) is 30.0 Å². The predicted molar refractivity (Wildman–Crippen MR) is 125 cm³/mol. The topological polar surface area (TPSA) is 85.2 Å². The maximum absolute atomic E-state index is 13.7. The first-order valence-electron chi connectivity index (χ1n) is 10.8. The lowest BCUT2D eigenvalue weighted by molar-refractivity contribution is -0.128. The van der Waals surface area contributed by atoms with E-state index in [2.05, 4.69) is 16.7 Å². The van der Waals surface area contributed by atoms with Crippen molar-refractivity contribution in [1.82, 2.24) is 10.6 Å². The van der Waals surface area contributed by atoms with Gasteiger partial charge in [0.2, 0.25) is 11.8 Å². The molecule has 0 aliphatic carbocycles. The van der Waals surface area contributed by atoms with E-state index in [4.69, 9.17) is 0 Å². The zero-order valence-corrected chi connectivity index (χ0v) is 18.3. The molecule has 6 heteroatoms. The van der Waals surface area contributed by atoms with Crippen molar-refractivity contribution in [3.63, 3.8) is 0 Å². The summed E-state index contributed by atoms with van der Waals surface area (Å²) in [6.07, 6.45) is 1.23. The number of nitrogens with zero attached hydrogens (tertiary/aromatic N) is 2. The molecule has 1 aliphatic rings. The van der Waals surface area contributed by atoms with E-state index in [0.717, 1.165) is 27.6 Å². The predicted octanol–water partition coefficient (Wildman–Crippen LogP) is 3.28. The van der Waals surface area contributed by atoms with Gasteiger partial charge < -0.3 is 15.5 Å². The van der Waals surface area contributed by atoms with Gasteiger partial charge in [0.25, 0.3) is 0 Å². The van der Waals surface area contributed by atoms with Crippen molar-refractivity contribution in [2.45, 2.75) is 38.4 Å². The van der Waals surface area contributed by atoms with Crippen molar-refractivity contribution in [1.29, 1.82) is 5.26 Å². The zero-order chi connectivity index (χ0) is 22.7. The van der Waals surface area contributed by atoms with Gasteiger partial charge in [0.15, 0.2) is 0 Å². The molecule has 0 fully saturated rings. The fourth-order valence-corrected chi connectivity index (χ4v) is 4.25. The molecule has 2 amide bonds. The molecule has 3 aromatic carbocycles. The first-order valence-corrected chi connectivity index (χ1v) is 10.8. The Balaban J connectivity index is 1.75. The molecule has 3 aromatic rings. The molecule has 0 saturated carbocycles. The summed E-state index contributed by atoms with van der Waals surface area (Å²) in [4.78, 5) is 27.9. The smallest absolute Gasteiger partial charge is 0.249 e. The summed E-state index contributed by atoms with van der Waals surface area (Å²) < 4.78 is 0. The standard InChI is InChI=1S/C26H26N4O2/c1-17(28-2)25(31)29-22-14-13-18-7-3-4-12-23(18)30(26(22)32)16-21-11-6-9-19-8-5-10-20(15-27)24(19)21/h3-12,17,22,28H,13-14,16H2,1-2H3,(H,29,31)/t17-,22-/m0/s1. The number of carbonyl (C=O) groups excluding carboxylic acids is 2. The van der Waals surface area contributed by atoms with Gasteiger partial charge in [-0.15, -0.1) is 0 Å². The van der Waals surface area contributed by atoms with Crippen LogP contribution in [-0.2, 0) is 22.6 Å². The summed E-state index contributed by atoms with van der Waals surface area (Å²) in [7, 11) is 1.72. The first-order chi connectivity index (χ1) is 15.5. The van der Waals surface area contributed by atoms with Crippen LogP contribution < -0.4 is 15.5 Å². The summed E-state index contributed by atoms with van der Waals surface area (Å²) in [5, 5.41) is 17.3. The van der Waals surface area contributed by atoms with E-state index < -0.39 is 12.1 Å². The molecule has 6 nitrogen and oxygen atoms in total. The van der Waals surface area contributed by atoms with Gasteiger partial charge in [0, 0.05) is 11.1 Å². The number of rotatable bonds is 5. The molecule has 0 spiro atoms. The maximum atomic E-state index is 13.7. The van der Waals surface area contributed by atoms with Crippen molar-refractivity contribution < 1.29 is 9.59 Å². The Kier molecular flexibility index (Phi) is 6.20. The summed E-state index contributed by atoms with van der Waals surface area (Å²) in [6.45, 7) is 2.09. The second kappa shape index (κ2) is 9.21. The number of para-hydroxylation sites is 1. The highest BCUT2D eigenvalue weighted by molar-refractivity contribution is 6.01. The Labute approximate surface area is 187 Å². The summed E-state index contributed by atoms with van der Waals surface area (Å²) in [5.74, 6) is -0.341. The quantitative estimate of drug-likeness (QED) is 0.656. The van der Waals surface area contributed by atoms with E-state index in [9.17, 15) is 14.9 Å². The van der Waals surface area contributed by atoms with Crippen LogP contribution in [0.4, 0.5) is 5.69 Å². The van der Waals surface area contributed by atoms with Gasteiger partial charge in [-0.2, -0.15) is 5.26 Å². The van der Waals surface area contributed by atoms with Gasteiger partial charge in [0.05, 0.1) is 24.2 Å². The minimum Gasteiger partial charge on any atom is -0.343 e. The highest BCUT2D eigenvalue weighted by atomic mass is 16.2. The third-order valence-electron chi connectivity index (χ3n) is 6.13. The van der Waals surface area contributed by atoms with Gasteiger partial charge in [-0.05, 0) is 55.5 Å². The van der Waals surface area contributed by atoms with E-state index in [1.165, 1.54) is 0 Å². The van der Waals surface area contributed by atoms with E-state index in [-0.39, 0.29) is 11.8 Å². The number of amides is 2. The number of nitriles is 1. The average molecular weight is 427 g/mol. The number of benzene rings is 3. The number of carbonyl (C=O) groups is 2. The van der Waals surface area contributed by atoms with E-state index >= 15 is 0 Å². The van der Waals surface area contributed by atoms with Crippen LogP contribution in [-0.4, -0.2) is 30.9 Å². The van der Waals surface area contributed by atoms with Crippen molar-refractivity contribution >= 4 is 28.3 Å². The Hall–Kier alpha value is -3.69. The summed E-state index contributed by atoms with van der Waals surface area (Å²) in [5.41, 5.74) is 3.40. The van der Waals surface area contributed by atoms with Crippen LogP contribution >= 0.6 is 0 Å². The summed E-state index contributed by atoms with van der Waals surface area (Å²) >= 11 is 0. The first kappa shape index (κ1) is 21.5. The van der Waals surface area contributed by atoms with Crippen LogP contribution in [0.5, 0.6) is 0 Å². The molecule has 0 saturated heterocycles. The summed E-state index contributed by atoms with van der Waals surface area (Å²) in [6, 6.07) is 20.6. The van der Waals surface area contributed by atoms with Crippen LogP contribution in [0.2, 0.25) is 0 Å². The molecular weight excluding hydrogens is 400 g/mol. The fraction of sp³-hybridized carbons (Fsp3) is 0.269. The lowest BCUT2D eigenvalue weighted by atomic mass is 9.99. The average Bonchev–Trinajstić information content (AvgIpc) is 2.95. The zero-order valence-electron chi connectivity index (χ0n) is 18.3. The second-order valence-corrected chi connectivity index (χ2v) is 8.10. The van der Waals surface area contributed by atoms with E-state index in [0.29, 0.717) is 24.9 Å². The molecule has 32 heavy (non-hydrogen) atoms. The monoisotopic (exact) mass is 426 g/mol. The van der Waals surface area contributed by atoms with Crippen LogP contribution in [0.3, 0.4) is 0 Å². The Morgan fingerprint density at radius 2 is 1.91 bits per heavy atom. The molecule has 0 unspecified atom stereocenters. The van der Waals surface area contributed by atoms with Gasteiger partial charge in [-0.3, -0.25) is 9.59 Å². The number of anilines is 1. The number of hydrogen-bond acceptors (Lipinski definition) is 4. The molecule has 0 aromatic heterocycles. The van der Waals surface area contributed by atoms with Gasteiger partial charge in [-0.25, -0.2) is 0 Å². The van der Waals surface area contributed by atoms with Gasteiger partial charge in [-0.1, -0.05) is 48.5 Å². The van der Waals surface area contributed by atoms with Gasteiger partial charge in [0.1, 0.15) is 6.04 Å². The Bertz CT molecular complexity index is 1210. The van der Waals surface area contributed by atoms with Crippen molar-refractivity contribution in [2.75, 3.05) is 11.9 Å². The molecule has 2 atom stereocenters. The molecule has 1 aliphatic heterocycles.